The SMILES string of the molecule is Cc1cc(C)c2cc(C(=O)NC(C)c3cc(C)oc3C)[nH]c2c1. The van der Waals surface area contributed by atoms with Crippen LogP contribution in [0, 0.1) is 27.7 Å². The molecule has 120 valence electrons. The second-order valence-corrected chi connectivity index (χ2v) is 6.29. The first-order valence-electron chi connectivity index (χ1n) is 7.83. The molecule has 0 aliphatic rings. The van der Waals surface area contributed by atoms with Gasteiger partial charge in [0.2, 0.25) is 0 Å². The van der Waals surface area contributed by atoms with E-state index >= 15 is 0 Å². The Labute approximate surface area is 135 Å². The van der Waals surface area contributed by atoms with Crippen molar-refractivity contribution in [2.75, 3.05) is 0 Å². The van der Waals surface area contributed by atoms with E-state index in [9.17, 15) is 4.79 Å². The van der Waals surface area contributed by atoms with Gasteiger partial charge in [0.1, 0.15) is 17.2 Å². The number of aryl methyl sites for hydroxylation is 4. The lowest BCUT2D eigenvalue weighted by Crippen LogP contribution is -2.27. The Morgan fingerprint density at radius 1 is 1.13 bits per heavy atom. The highest BCUT2D eigenvalue weighted by atomic mass is 16.3. The van der Waals surface area contributed by atoms with Crippen molar-refractivity contribution in [2.24, 2.45) is 0 Å². The third-order valence-electron chi connectivity index (χ3n) is 4.23. The maximum atomic E-state index is 12.5. The molecule has 2 aromatic heterocycles. The number of fused-ring (bicyclic) bond motifs is 1. The van der Waals surface area contributed by atoms with Crippen LogP contribution in [-0.4, -0.2) is 10.9 Å². The summed E-state index contributed by atoms with van der Waals surface area (Å²) in [5.74, 6) is 1.60. The van der Waals surface area contributed by atoms with Crippen LogP contribution in [0.4, 0.5) is 0 Å². The monoisotopic (exact) mass is 310 g/mol. The van der Waals surface area contributed by atoms with E-state index in [4.69, 9.17) is 4.42 Å². The minimum Gasteiger partial charge on any atom is -0.466 e. The van der Waals surface area contributed by atoms with Crippen molar-refractivity contribution < 1.29 is 9.21 Å². The first-order chi connectivity index (χ1) is 10.8. The standard InChI is InChI=1S/C19H22N2O2/c1-10-6-11(2)15-9-18(21-17(15)7-10)19(22)20-13(4)16-8-12(3)23-14(16)5/h6-9,13,21H,1-5H3,(H,20,22). The third-order valence-corrected chi connectivity index (χ3v) is 4.23. The largest absolute Gasteiger partial charge is 0.466 e. The highest BCUT2D eigenvalue weighted by Gasteiger charge is 2.17. The summed E-state index contributed by atoms with van der Waals surface area (Å²) in [6.45, 7) is 9.91. The molecule has 0 saturated carbocycles. The fourth-order valence-electron chi connectivity index (χ4n) is 3.15. The van der Waals surface area contributed by atoms with Crippen LogP contribution in [0.3, 0.4) is 0 Å². The summed E-state index contributed by atoms with van der Waals surface area (Å²) in [5, 5.41) is 4.12. The quantitative estimate of drug-likeness (QED) is 0.749. The summed E-state index contributed by atoms with van der Waals surface area (Å²) in [7, 11) is 0. The number of carbonyl (C=O) groups is 1. The number of H-pyrrole nitrogens is 1. The van der Waals surface area contributed by atoms with Crippen molar-refractivity contribution in [1.29, 1.82) is 0 Å². The van der Waals surface area contributed by atoms with Gasteiger partial charge in [-0.25, -0.2) is 0 Å². The van der Waals surface area contributed by atoms with Crippen LogP contribution in [0.25, 0.3) is 10.9 Å². The van der Waals surface area contributed by atoms with Crippen LogP contribution in [0.5, 0.6) is 0 Å². The van der Waals surface area contributed by atoms with Gasteiger partial charge >= 0.3 is 0 Å². The number of rotatable bonds is 3. The van der Waals surface area contributed by atoms with E-state index in [-0.39, 0.29) is 11.9 Å². The lowest BCUT2D eigenvalue weighted by molar-refractivity contribution is 0.0935. The molecule has 1 aromatic carbocycles. The van der Waals surface area contributed by atoms with Gasteiger partial charge in [0.25, 0.3) is 5.91 Å². The molecule has 1 unspecified atom stereocenters. The van der Waals surface area contributed by atoms with E-state index in [1.807, 2.05) is 32.9 Å². The molecule has 3 aromatic rings. The Bertz CT molecular complexity index is 886. The zero-order valence-corrected chi connectivity index (χ0v) is 14.2. The van der Waals surface area contributed by atoms with Gasteiger partial charge in [0.05, 0.1) is 6.04 Å². The first kappa shape index (κ1) is 15.4. The Morgan fingerprint density at radius 3 is 2.52 bits per heavy atom. The minimum absolute atomic E-state index is 0.103. The predicted octanol–water partition coefficient (Wildman–Crippen LogP) is 4.49. The Balaban J connectivity index is 1.86. The lowest BCUT2D eigenvalue weighted by atomic mass is 10.1. The van der Waals surface area contributed by atoms with Gasteiger partial charge in [-0.2, -0.15) is 0 Å². The maximum Gasteiger partial charge on any atom is 0.268 e. The average molecular weight is 310 g/mol. The number of benzene rings is 1. The van der Waals surface area contributed by atoms with Crippen LogP contribution in [0.15, 0.2) is 28.7 Å². The molecule has 1 atom stereocenters. The minimum atomic E-state index is -0.107. The fourth-order valence-corrected chi connectivity index (χ4v) is 3.15. The molecule has 0 fully saturated rings. The average Bonchev–Trinajstić information content (AvgIpc) is 3.02. The van der Waals surface area contributed by atoms with E-state index in [1.165, 1.54) is 11.1 Å². The van der Waals surface area contributed by atoms with Crippen molar-refractivity contribution in [3.63, 3.8) is 0 Å². The van der Waals surface area contributed by atoms with E-state index in [0.717, 1.165) is 28.0 Å². The predicted molar refractivity (Wildman–Crippen MR) is 91.8 cm³/mol. The summed E-state index contributed by atoms with van der Waals surface area (Å²) in [6.07, 6.45) is 0. The molecular weight excluding hydrogens is 288 g/mol. The van der Waals surface area contributed by atoms with Crippen molar-refractivity contribution in [3.8, 4) is 0 Å². The summed E-state index contributed by atoms with van der Waals surface area (Å²) < 4.78 is 5.54. The molecule has 4 nitrogen and oxygen atoms in total. The molecule has 2 N–H and O–H groups in total. The number of carbonyl (C=O) groups excluding carboxylic acids is 1. The molecule has 0 aliphatic carbocycles. The van der Waals surface area contributed by atoms with Crippen molar-refractivity contribution in [3.05, 3.63) is 58.2 Å². The van der Waals surface area contributed by atoms with Crippen LogP contribution in [0.1, 0.15) is 51.7 Å². The molecule has 0 radical (unpaired) electrons. The number of aromatic amines is 1. The number of nitrogens with one attached hydrogen (secondary N) is 2. The molecular formula is C19H22N2O2. The van der Waals surface area contributed by atoms with Gasteiger partial charge in [-0.1, -0.05) is 6.07 Å². The van der Waals surface area contributed by atoms with E-state index < -0.39 is 0 Å². The van der Waals surface area contributed by atoms with Crippen LogP contribution < -0.4 is 5.32 Å². The summed E-state index contributed by atoms with van der Waals surface area (Å²) in [6, 6.07) is 7.97. The second kappa shape index (κ2) is 5.61. The number of amides is 1. The van der Waals surface area contributed by atoms with Gasteiger partial charge in [0, 0.05) is 16.5 Å². The molecule has 3 rings (SSSR count). The van der Waals surface area contributed by atoms with E-state index in [2.05, 4.69) is 36.3 Å². The third kappa shape index (κ3) is 2.89. The molecule has 0 bridgehead atoms. The maximum absolute atomic E-state index is 12.5. The van der Waals surface area contributed by atoms with Crippen LogP contribution in [0.2, 0.25) is 0 Å². The molecule has 0 spiro atoms. The number of hydrogen-bond acceptors (Lipinski definition) is 2. The Kier molecular flexibility index (Phi) is 3.76. The normalized spacial score (nSPS) is 12.6. The number of hydrogen-bond donors (Lipinski definition) is 2. The molecule has 2 heterocycles. The van der Waals surface area contributed by atoms with E-state index in [1.54, 1.807) is 0 Å². The lowest BCUT2D eigenvalue weighted by Gasteiger charge is -2.12. The van der Waals surface area contributed by atoms with Gasteiger partial charge in [-0.3, -0.25) is 4.79 Å². The summed E-state index contributed by atoms with van der Waals surface area (Å²) >= 11 is 0. The summed E-state index contributed by atoms with van der Waals surface area (Å²) in [4.78, 5) is 15.8. The van der Waals surface area contributed by atoms with E-state index in [0.29, 0.717) is 5.69 Å². The van der Waals surface area contributed by atoms with Crippen LogP contribution >= 0.6 is 0 Å². The fraction of sp³-hybridized carbons (Fsp3) is 0.316. The van der Waals surface area contributed by atoms with Crippen molar-refractivity contribution in [2.45, 2.75) is 40.7 Å². The van der Waals surface area contributed by atoms with Gasteiger partial charge < -0.3 is 14.7 Å². The molecule has 0 aliphatic heterocycles. The first-order valence-corrected chi connectivity index (χ1v) is 7.83. The van der Waals surface area contributed by atoms with Crippen molar-refractivity contribution >= 4 is 16.8 Å². The Morgan fingerprint density at radius 2 is 1.87 bits per heavy atom. The highest BCUT2D eigenvalue weighted by Crippen LogP contribution is 2.24. The number of aromatic nitrogens is 1. The zero-order valence-electron chi connectivity index (χ0n) is 14.2. The van der Waals surface area contributed by atoms with Crippen LogP contribution in [-0.2, 0) is 0 Å². The number of furan rings is 1. The molecule has 0 saturated heterocycles. The molecule has 23 heavy (non-hydrogen) atoms. The van der Waals surface area contributed by atoms with Crippen molar-refractivity contribution in [1.82, 2.24) is 10.3 Å². The highest BCUT2D eigenvalue weighted by molar-refractivity contribution is 5.99. The topological polar surface area (TPSA) is 58.0 Å². The van der Waals surface area contributed by atoms with Gasteiger partial charge in [-0.15, -0.1) is 0 Å². The smallest absolute Gasteiger partial charge is 0.268 e. The molecule has 4 heteroatoms. The van der Waals surface area contributed by atoms with Gasteiger partial charge in [-0.05, 0) is 63.9 Å². The zero-order chi connectivity index (χ0) is 16.7. The molecule has 1 amide bonds. The summed E-state index contributed by atoms with van der Waals surface area (Å²) in [5.41, 5.74) is 4.94. The van der Waals surface area contributed by atoms with Gasteiger partial charge in [0.15, 0.2) is 0 Å². The second-order valence-electron chi connectivity index (χ2n) is 6.29. The Hall–Kier alpha value is -2.49.